The van der Waals surface area contributed by atoms with E-state index in [1.54, 1.807) is 4.90 Å². The van der Waals surface area contributed by atoms with Gasteiger partial charge in [0.15, 0.2) is 6.54 Å². The Morgan fingerprint density at radius 2 is 1.76 bits per heavy atom. The van der Waals surface area contributed by atoms with Gasteiger partial charge in [0.05, 0.1) is 13.1 Å². The molecule has 0 amide bonds. The van der Waals surface area contributed by atoms with Crippen molar-refractivity contribution in [3.63, 3.8) is 0 Å². The van der Waals surface area contributed by atoms with Crippen molar-refractivity contribution in [1.82, 2.24) is 0 Å². The van der Waals surface area contributed by atoms with Crippen LogP contribution in [0.4, 0.5) is 0 Å². The van der Waals surface area contributed by atoms with E-state index in [1.165, 1.54) is 55.1 Å². The lowest BCUT2D eigenvalue weighted by Crippen LogP contribution is -3.20. The third kappa shape index (κ3) is 5.27. The van der Waals surface area contributed by atoms with Gasteiger partial charge in [-0.1, -0.05) is 17.7 Å². The molecule has 6 heteroatoms. The van der Waals surface area contributed by atoms with Crippen molar-refractivity contribution in [3.8, 4) is 0 Å². The molecule has 2 aliphatic rings. The zero-order valence-corrected chi connectivity index (χ0v) is 14.4. The monoisotopic (exact) mass is 352 g/mol. The second kappa shape index (κ2) is 9.19. The predicted octanol–water partition coefficient (Wildman–Crippen LogP) is -5.75. The summed E-state index contributed by atoms with van der Waals surface area (Å²) in [7, 11) is 0. The molecular weight excluding hydrogens is 331 g/mol. The van der Waals surface area contributed by atoms with Crippen LogP contribution in [0.25, 0.3) is 0 Å². The summed E-state index contributed by atoms with van der Waals surface area (Å²) in [5.41, 5.74) is 2.64. The quantitative estimate of drug-likeness (QED) is 0.554. The van der Waals surface area contributed by atoms with Gasteiger partial charge in [-0.05, 0) is 37.0 Å². The molecule has 1 fully saturated rings. The fraction of sp³-hybridized carbons (Fsp3) is 0.600. The molecule has 1 saturated heterocycles. The van der Waals surface area contributed by atoms with Crippen LogP contribution in [0, 0.1) is 0 Å². The molecule has 0 aliphatic carbocycles. The van der Waals surface area contributed by atoms with Gasteiger partial charge in [0, 0.05) is 10.6 Å². The molecule has 1 atom stereocenters. The van der Waals surface area contributed by atoms with E-state index >= 15 is 0 Å². The number of quaternary nitrogens is 2. The van der Waals surface area contributed by atoms with Crippen molar-refractivity contribution in [2.24, 2.45) is 0 Å². The maximum absolute atomic E-state index is 6.01. The van der Waals surface area contributed by atoms with Crippen LogP contribution in [0.15, 0.2) is 18.2 Å². The number of hydroxylamine groups is 2. The number of likely N-dealkylation sites (tertiary alicyclic amines) is 1. The van der Waals surface area contributed by atoms with Crippen molar-refractivity contribution >= 4 is 11.6 Å². The molecule has 0 saturated carbocycles. The Morgan fingerprint density at radius 1 is 1.00 bits per heavy atom. The van der Waals surface area contributed by atoms with Crippen LogP contribution in [0.1, 0.15) is 30.4 Å². The van der Waals surface area contributed by atoms with Gasteiger partial charge in [-0.2, -0.15) is 9.90 Å². The number of rotatable bonds is 3. The Balaban J connectivity index is 0.00000110. The lowest BCUT2D eigenvalue weighted by Gasteiger charge is -2.27. The highest BCUT2D eigenvalue weighted by Gasteiger charge is 2.23. The Labute approximate surface area is 144 Å². The largest absolute Gasteiger partial charge is 1.00 e. The highest BCUT2D eigenvalue weighted by atomic mass is 35.5. The molecular formula is C15H23Cl3N2O. The summed E-state index contributed by atoms with van der Waals surface area (Å²) in [6, 6.07) is 6.16. The van der Waals surface area contributed by atoms with E-state index in [2.05, 4.69) is 6.07 Å². The minimum atomic E-state index is 0. The lowest BCUT2D eigenvalue weighted by molar-refractivity contribution is -1.12. The van der Waals surface area contributed by atoms with Gasteiger partial charge in [-0.3, -0.25) is 0 Å². The van der Waals surface area contributed by atoms with Gasteiger partial charge < -0.3 is 29.7 Å². The predicted molar refractivity (Wildman–Crippen MR) is 75.2 cm³/mol. The highest BCUT2D eigenvalue weighted by molar-refractivity contribution is 6.30. The van der Waals surface area contributed by atoms with Crippen LogP contribution in [0.3, 0.4) is 0 Å². The summed E-state index contributed by atoms with van der Waals surface area (Å²) < 4.78 is 0. The first-order valence-electron chi connectivity index (χ1n) is 7.39. The standard InChI is InChI=1S/C15H21ClN2O.2ClH/c16-15-5-4-13-11-18(19-12-14(13)10-15)9-8-17-6-2-1-3-7-17;;/h4-5,10H,1-3,6-9,11-12H2;2*1H. The molecule has 2 N–H and O–H groups in total. The van der Waals surface area contributed by atoms with E-state index in [0.717, 1.165) is 18.1 Å². The molecule has 0 radical (unpaired) electrons. The topological polar surface area (TPSA) is 18.1 Å². The Hall–Kier alpha value is -0.0300. The number of hydrogen-bond acceptors (Lipinski definition) is 1. The molecule has 0 aromatic heterocycles. The summed E-state index contributed by atoms with van der Waals surface area (Å²) in [4.78, 5) is 7.65. The maximum atomic E-state index is 6.01. The van der Waals surface area contributed by atoms with E-state index in [-0.39, 0.29) is 24.8 Å². The molecule has 1 unspecified atom stereocenters. The minimum Gasteiger partial charge on any atom is -1.00 e. The summed E-state index contributed by atoms with van der Waals surface area (Å²) in [5.74, 6) is 0. The van der Waals surface area contributed by atoms with Crippen molar-refractivity contribution in [2.45, 2.75) is 32.4 Å². The summed E-state index contributed by atoms with van der Waals surface area (Å²) >= 11 is 6.01. The Bertz CT molecular complexity index is 439. The molecule has 3 rings (SSSR count). The first-order valence-corrected chi connectivity index (χ1v) is 7.77. The first-order chi connectivity index (χ1) is 9.31. The van der Waals surface area contributed by atoms with Crippen molar-refractivity contribution < 1.29 is 39.6 Å². The normalized spacial score (nSPS) is 21.9. The number of hydrogen-bond donors (Lipinski definition) is 2. The van der Waals surface area contributed by atoms with Crippen LogP contribution in [-0.4, -0.2) is 26.2 Å². The molecule has 120 valence electrons. The van der Waals surface area contributed by atoms with E-state index in [0.29, 0.717) is 6.61 Å². The minimum absolute atomic E-state index is 0. The average molecular weight is 354 g/mol. The van der Waals surface area contributed by atoms with Gasteiger partial charge in [0.25, 0.3) is 0 Å². The van der Waals surface area contributed by atoms with Gasteiger partial charge >= 0.3 is 0 Å². The van der Waals surface area contributed by atoms with Gasteiger partial charge in [-0.25, -0.2) is 0 Å². The second-order valence-corrected chi connectivity index (χ2v) is 6.16. The smallest absolute Gasteiger partial charge is 0.157 e. The van der Waals surface area contributed by atoms with Crippen molar-refractivity contribution in [3.05, 3.63) is 34.3 Å². The van der Waals surface area contributed by atoms with E-state index < -0.39 is 0 Å². The van der Waals surface area contributed by atoms with Crippen LogP contribution in [-0.2, 0) is 18.0 Å². The summed E-state index contributed by atoms with van der Waals surface area (Å²) in [6.45, 7) is 6.70. The fourth-order valence-corrected chi connectivity index (χ4v) is 3.32. The first kappa shape index (κ1) is 19.0. The lowest BCUT2D eigenvalue weighted by atomic mass is 10.1. The number of piperidine rings is 1. The molecule has 1 aromatic carbocycles. The Morgan fingerprint density at radius 3 is 2.52 bits per heavy atom. The fourth-order valence-electron chi connectivity index (χ4n) is 3.12. The van der Waals surface area contributed by atoms with Crippen LogP contribution >= 0.6 is 11.6 Å². The van der Waals surface area contributed by atoms with Gasteiger partial charge in [0.2, 0.25) is 0 Å². The van der Waals surface area contributed by atoms with Gasteiger partial charge in [-0.15, -0.1) is 0 Å². The van der Waals surface area contributed by atoms with Crippen molar-refractivity contribution in [1.29, 1.82) is 0 Å². The molecule has 2 aliphatic heterocycles. The second-order valence-electron chi connectivity index (χ2n) is 5.73. The number of fused-ring (bicyclic) bond motifs is 1. The van der Waals surface area contributed by atoms with Crippen LogP contribution in [0.5, 0.6) is 0 Å². The SMILES string of the molecule is Clc1ccc2c(c1)CO[NH+](CC[NH+]1CCCCC1)C2.[Cl-].[Cl-]. The molecule has 0 spiro atoms. The zero-order valence-electron chi connectivity index (χ0n) is 12.1. The Kier molecular flexibility index (Phi) is 8.32. The van der Waals surface area contributed by atoms with Crippen LogP contribution in [0.2, 0.25) is 5.02 Å². The number of halogens is 3. The van der Waals surface area contributed by atoms with E-state index in [1.807, 2.05) is 12.1 Å². The summed E-state index contributed by atoms with van der Waals surface area (Å²) in [6.07, 6.45) is 4.21. The molecule has 1 aromatic rings. The van der Waals surface area contributed by atoms with Crippen LogP contribution < -0.4 is 34.8 Å². The average Bonchev–Trinajstić information content (AvgIpc) is 2.46. The maximum Gasteiger partial charge on any atom is 0.157 e. The highest BCUT2D eigenvalue weighted by Crippen LogP contribution is 2.17. The summed E-state index contributed by atoms with van der Waals surface area (Å²) in [5, 5.41) is 2.07. The van der Waals surface area contributed by atoms with Gasteiger partial charge in [0.1, 0.15) is 19.7 Å². The van der Waals surface area contributed by atoms with Crippen molar-refractivity contribution in [2.75, 3.05) is 26.2 Å². The third-order valence-corrected chi connectivity index (χ3v) is 4.54. The molecule has 0 bridgehead atoms. The molecule has 2 heterocycles. The third-order valence-electron chi connectivity index (χ3n) is 4.31. The van der Waals surface area contributed by atoms with E-state index in [9.17, 15) is 0 Å². The van der Waals surface area contributed by atoms with E-state index in [4.69, 9.17) is 16.4 Å². The molecule has 3 nitrogen and oxygen atoms in total. The number of benzene rings is 1. The number of nitrogens with one attached hydrogen (secondary N) is 2. The molecule has 21 heavy (non-hydrogen) atoms. The zero-order chi connectivity index (χ0) is 13.1.